The maximum Gasteiger partial charge on any atom is 0.455 e. The highest BCUT2D eigenvalue weighted by Crippen LogP contribution is 2.45. The summed E-state index contributed by atoms with van der Waals surface area (Å²) in [7, 11) is -1.94. The molecule has 0 aliphatic rings. The van der Waals surface area contributed by atoms with Crippen LogP contribution in [-0.2, 0) is 15.6 Å². The third kappa shape index (κ3) is 4.35. The Morgan fingerprint density at radius 1 is 0.812 bits per heavy atom. The van der Waals surface area contributed by atoms with Crippen molar-refractivity contribution in [3.63, 3.8) is 0 Å². The van der Waals surface area contributed by atoms with E-state index in [1.807, 2.05) is 0 Å². The second kappa shape index (κ2) is 8.30. The molecule has 0 atom stereocenters. The number of fused-ring (bicyclic) bond motifs is 3. The van der Waals surface area contributed by atoms with Gasteiger partial charge in [-0.15, -0.1) is 0 Å². The lowest BCUT2D eigenvalue weighted by Gasteiger charge is -2.23. The lowest BCUT2D eigenvalue weighted by Crippen LogP contribution is -2.13. The molecule has 3 aromatic rings. The summed E-state index contributed by atoms with van der Waals surface area (Å²) >= 11 is 0. The third-order valence-corrected chi connectivity index (χ3v) is 7.28. The summed E-state index contributed by atoms with van der Waals surface area (Å²) in [4.78, 5) is 12.3. The first-order valence-corrected chi connectivity index (χ1v) is 12.4. The van der Waals surface area contributed by atoms with E-state index in [0.29, 0.717) is 0 Å². The average Bonchev–Trinajstić information content (AvgIpc) is 2.82. The van der Waals surface area contributed by atoms with E-state index in [0.717, 1.165) is 44.2 Å². The summed E-state index contributed by atoms with van der Waals surface area (Å²) in [5.74, 6) is -0.330. The number of aryl methyl sites for hydroxylation is 4. The summed E-state index contributed by atoms with van der Waals surface area (Å²) in [5.41, 5.74) is 8.12. The molecule has 32 heavy (non-hydrogen) atoms. The van der Waals surface area contributed by atoms with Crippen LogP contribution in [0, 0.1) is 27.7 Å². The molecule has 0 aliphatic carbocycles. The van der Waals surface area contributed by atoms with Gasteiger partial charge in [0, 0.05) is 28.3 Å². The standard InChI is InChI=1S/C27H37O4P/c1-12-21(28)29-32-30-24-19(26(6,7)8)13-15(2)17(4)22(24)23-18(5)16(3)14-20(25(23)31-32)27(9,10)11/h13-14H,12H2,1-11H3. The quantitative estimate of drug-likeness (QED) is 0.388. The van der Waals surface area contributed by atoms with Gasteiger partial charge < -0.3 is 12.9 Å². The second-order valence-electron chi connectivity index (χ2n) is 10.9. The van der Waals surface area contributed by atoms with Gasteiger partial charge >= 0.3 is 14.2 Å². The first-order valence-electron chi connectivity index (χ1n) is 11.3. The Hall–Kier alpha value is -2.19. The highest BCUT2D eigenvalue weighted by molar-refractivity contribution is 7.32. The second-order valence-corrected chi connectivity index (χ2v) is 11.9. The van der Waals surface area contributed by atoms with Crippen LogP contribution in [-0.4, -0.2) is 5.97 Å². The first-order chi connectivity index (χ1) is 14.7. The number of carbonyl (C=O) groups is 1. The molecule has 3 rings (SSSR count). The molecular formula is C27H37O4P. The number of rotatable bonds is 2. The van der Waals surface area contributed by atoms with E-state index in [4.69, 9.17) is 12.9 Å². The molecule has 0 saturated heterocycles. The van der Waals surface area contributed by atoms with Crippen LogP contribution in [0.25, 0.3) is 21.9 Å². The van der Waals surface area contributed by atoms with Crippen molar-refractivity contribution in [3.8, 4) is 0 Å². The van der Waals surface area contributed by atoms with Crippen LogP contribution in [0.1, 0.15) is 88.3 Å². The molecule has 0 N–H and O–H groups in total. The van der Waals surface area contributed by atoms with Gasteiger partial charge in [0.25, 0.3) is 0 Å². The molecule has 174 valence electrons. The fraction of sp³-hybridized carbons (Fsp3) is 0.519. The summed E-state index contributed by atoms with van der Waals surface area (Å²) in [6, 6.07) is 4.40. The van der Waals surface area contributed by atoms with Gasteiger partial charge in [0.15, 0.2) is 0 Å². The van der Waals surface area contributed by atoms with Gasteiger partial charge in [-0.05, 0) is 60.8 Å². The maximum atomic E-state index is 12.3. The van der Waals surface area contributed by atoms with E-state index in [9.17, 15) is 4.79 Å². The number of hydrogen-bond acceptors (Lipinski definition) is 4. The molecule has 1 heterocycles. The number of hydrogen-bond donors (Lipinski definition) is 0. The Kier molecular flexibility index (Phi) is 6.34. The predicted octanol–water partition coefficient (Wildman–Crippen LogP) is 8.48. The van der Waals surface area contributed by atoms with Gasteiger partial charge in [-0.3, -0.25) is 4.79 Å². The molecule has 2 aromatic carbocycles. The fourth-order valence-corrected chi connectivity index (χ4v) is 5.13. The molecule has 0 amide bonds. The minimum Gasteiger partial charge on any atom is -0.390 e. The Balaban J connectivity index is 2.76. The van der Waals surface area contributed by atoms with Crippen LogP contribution in [0.15, 0.2) is 20.5 Å². The minimum atomic E-state index is -1.94. The van der Waals surface area contributed by atoms with E-state index in [-0.39, 0.29) is 23.2 Å². The molecule has 0 saturated carbocycles. The molecule has 0 unspecified atom stereocenters. The van der Waals surface area contributed by atoms with Crippen molar-refractivity contribution in [3.05, 3.63) is 45.5 Å². The fourth-order valence-electron chi connectivity index (χ4n) is 4.04. The van der Waals surface area contributed by atoms with Crippen LogP contribution in [0.5, 0.6) is 0 Å². The zero-order chi connectivity index (χ0) is 24.2. The lowest BCUT2D eigenvalue weighted by molar-refractivity contribution is -0.131. The number of carbonyl (C=O) groups excluding carboxylic acids is 1. The molecule has 0 aliphatic heterocycles. The Morgan fingerprint density at radius 3 is 1.50 bits per heavy atom. The smallest absolute Gasteiger partial charge is 0.390 e. The van der Waals surface area contributed by atoms with Gasteiger partial charge in [0.05, 0.1) is 0 Å². The molecular weight excluding hydrogens is 419 g/mol. The molecule has 0 radical (unpaired) electrons. The molecule has 0 fully saturated rings. The SMILES string of the molecule is CCC(=O)Op1oc2c(C(C)(C)C)cc(C)c(C)c2c2c(C)c(C)cc(C(C)(C)C)c2o1. The van der Waals surface area contributed by atoms with Crippen molar-refractivity contribution in [1.29, 1.82) is 0 Å². The number of benzene rings is 2. The lowest BCUT2D eigenvalue weighted by atomic mass is 9.81. The van der Waals surface area contributed by atoms with Gasteiger partial charge in [-0.2, -0.15) is 0 Å². The van der Waals surface area contributed by atoms with Crippen molar-refractivity contribution in [2.24, 2.45) is 0 Å². The topological polar surface area (TPSA) is 52.6 Å². The summed E-state index contributed by atoms with van der Waals surface area (Å²) in [6.07, 6.45) is 0.267. The van der Waals surface area contributed by atoms with Gasteiger partial charge in [-0.1, -0.05) is 60.6 Å². The van der Waals surface area contributed by atoms with Crippen molar-refractivity contribution in [2.45, 2.75) is 93.4 Å². The summed E-state index contributed by atoms with van der Waals surface area (Å²) in [6.45, 7) is 23.4. The highest BCUT2D eigenvalue weighted by atomic mass is 31.1. The Bertz CT molecular complexity index is 1160. The zero-order valence-corrected chi connectivity index (χ0v) is 22.3. The van der Waals surface area contributed by atoms with E-state index < -0.39 is 8.24 Å². The monoisotopic (exact) mass is 456 g/mol. The van der Waals surface area contributed by atoms with Crippen LogP contribution < -0.4 is 4.52 Å². The normalized spacial score (nSPS) is 12.5. The summed E-state index contributed by atoms with van der Waals surface area (Å²) < 4.78 is 18.6. The van der Waals surface area contributed by atoms with E-state index in [2.05, 4.69) is 81.4 Å². The van der Waals surface area contributed by atoms with E-state index in [1.54, 1.807) is 6.92 Å². The van der Waals surface area contributed by atoms with Crippen molar-refractivity contribution < 1.29 is 17.7 Å². The van der Waals surface area contributed by atoms with Crippen molar-refractivity contribution in [1.82, 2.24) is 0 Å². The molecule has 0 spiro atoms. The molecule has 4 nitrogen and oxygen atoms in total. The minimum absolute atomic E-state index is 0.159. The summed E-state index contributed by atoms with van der Waals surface area (Å²) in [5, 5.41) is 2.10. The van der Waals surface area contributed by atoms with Gasteiger partial charge in [-0.25, -0.2) is 0 Å². The van der Waals surface area contributed by atoms with Gasteiger partial charge in [0.2, 0.25) is 0 Å². The largest absolute Gasteiger partial charge is 0.455 e. The van der Waals surface area contributed by atoms with Crippen LogP contribution in [0.4, 0.5) is 0 Å². The Labute approximate surface area is 193 Å². The molecule has 0 bridgehead atoms. The van der Waals surface area contributed by atoms with Crippen molar-refractivity contribution >= 4 is 36.1 Å². The Morgan fingerprint density at radius 2 is 1.19 bits per heavy atom. The highest BCUT2D eigenvalue weighted by Gasteiger charge is 2.27. The zero-order valence-electron chi connectivity index (χ0n) is 21.4. The first kappa shape index (κ1) is 24.5. The molecule has 1 aromatic heterocycles. The maximum absolute atomic E-state index is 12.3. The van der Waals surface area contributed by atoms with E-state index >= 15 is 0 Å². The van der Waals surface area contributed by atoms with Crippen LogP contribution in [0.2, 0.25) is 0 Å². The van der Waals surface area contributed by atoms with Crippen LogP contribution >= 0.6 is 8.24 Å². The van der Waals surface area contributed by atoms with Crippen LogP contribution in [0.3, 0.4) is 0 Å². The average molecular weight is 457 g/mol. The molecule has 5 heteroatoms. The van der Waals surface area contributed by atoms with E-state index in [1.165, 1.54) is 11.1 Å². The predicted molar refractivity (Wildman–Crippen MR) is 135 cm³/mol. The van der Waals surface area contributed by atoms with Crippen molar-refractivity contribution in [2.75, 3.05) is 0 Å². The van der Waals surface area contributed by atoms with Gasteiger partial charge in [0.1, 0.15) is 11.2 Å². The third-order valence-electron chi connectivity index (χ3n) is 6.26.